The number of nitrogens with zero attached hydrogens (tertiary/aromatic N) is 2. The van der Waals surface area contributed by atoms with Gasteiger partial charge in [-0.1, -0.05) is 48.5 Å². The third kappa shape index (κ3) is 6.33. The molecule has 1 aliphatic rings. The Labute approximate surface area is 191 Å². The summed E-state index contributed by atoms with van der Waals surface area (Å²) in [7, 11) is 5.67. The molecule has 2 amide bonds. The van der Waals surface area contributed by atoms with Crippen molar-refractivity contribution >= 4 is 11.8 Å². The van der Waals surface area contributed by atoms with Crippen LogP contribution in [0.15, 0.2) is 54.6 Å². The molecular weight excluding hydrogens is 402 g/mol. The average molecular weight is 438 g/mol. The molecule has 1 fully saturated rings. The Morgan fingerprint density at radius 2 is 1.72 bits per heavy atom. The lowest BCUT2D eigenvalue weighted by Gasteiger charge is -2.32. The molecule has 0 saturated carbocycles. The van der Waals surface area contributed by atoms with E-state index in [-0.39, 0.29) is 23.8 Å². The van der Waals surface area contributed by atoms with Crippen molar-refractivity contribution in [3.63, 3.8) is 0 Å². The van der Waals surface area contributed by atoms with Crippen LogP contribution in [0, 0.1) is 5.92 Å². The first kappa shape index (κ1) is 23.8. The highest BCUT2D eigenvalue weighted by molar-refractivity contribution is 5.80. The summed E-state index contributed by atoms with van der Waals surface area (Å²) in [6, 6.07) is 18.0. The number of benzene rings is 2. The van der Waals surface area contributed by atoms with Crippen molar-refractivity contribution in [3.05, 3.63) is 65.7 Å². The van der Waals surface area contributed by atoms with Gasteiger partial charge in [-0.3, -0.25) is 9.59 Å². The van der Waals surface area contributed by atoms with Gasteiger partial charge in [0.1, 0.15) is 5.75 Å². The zero-order chi connectivity index (χ0) is 22.9. The lowest BCUT2D eigenvalue weighted by molar-refractivity contribution is -0.135. The fraction of sp³-hybridized carbons (Fsp3) is 0.462. The van der Waals surface area contributed by atoms with Crippen molar-refractivity contribution < 1.29 is 14.3 Å². The Morgan fingerprint density at radius 1 is 1.06 bits per heavy atom. The number of rotatable bonds is 9. The number of hydrogen-bond acceptors (Lipinski definition) is 4. The number of methoxy groups -OCH3 is 1. The summed E-state index contributed by atoms with van der Waals surface area (Å²) in [5, 5.41) is 3.13. The highest BCUT2D eigenvalue weighted by Gasteiger charge is 2.28. The number of ether oxygens (including phenoxy) is 1. The maximum atomic E-state index is 12.8. The summed E-state index contributed by atoms with van der Waals surface area (Å²) >= 11 is 0. The Balaban J connectivity index is 1.47. The number of amides is 2. The fourth-order valence-corrected chi connectivity index (χ4v) is 4.30. The summed E-state index contributed by atoms with van der Waals surface area (Å²) in [5.74, 6) is 1.02. The fourth-order valence-electron chi connectivity index (χ4n) is 4.30. The highest BCUT2D eigenvalue weighted by atomic mass is 16.5. The molecule has 1 saturated heterocycles. The van der Waals surface area contributed by atoms with Crippen LogP contribution < -0.4 is 10.1 Å². The molecule has 0 aromatic heterocycles. The van der Waals surface area contributed by atoms with Gasteiger partial charge in [0.05, 0.1) is 13.2 Å². The summed E-state index contributed by atoms with van der Waals surface area (Å²) in [4.78, 5) is 29.4. The largest absolute Gasteiger partial charge is 0.496 e. The van der Waals surface area contributed by atoms with Crippen molar-refractivity contribution in [3.8, 4) is 5.75 Å². The molecule has 1 atom stereocenters. The SMILES string of the molecule is COc1ccccc1C(CNC(=O)C1CCN(C(=O)CCc2ccccc2)CC1)N(C)C. The van der Waals surface area contributed by atoms with Crippen LogP contribution in [0.3, 0.4) is 0 Å². The van der Waals surface area contributed by atoms with E-state index >= 15 is 0 Å². The monoisotopic (exact) mass is 437 g/mol. The lowest BCUT2D eigenvalue weighted by Crippen LogP contribution is -2.44. The van der Waals surface area contributed by atoms with Gasteiger partial charge in [0.2, 0.25) is 11.8 Å². The summed E-state index contributed by atoms with van der Waals surface area (Å²) in [6.07, 6.45) is 2.70. The minimum atomic E-state index is -0.0475. The van der Waals surface area contributed by atoms with Crippen LogP contribution in [-0.4, -0.2) is 62.5 Å². The molecule has 1 N–H and O–H groups in total. The van der Waals surface area contributed by atoms with Crippen LogP contribution in [0.25, 0.3) is 0 Å². The molecule has 2 aromatic rings. The van der Waals surface area contributed by atoms with Gasteiger partial charge in [0, 0.05) is 37.5 Å². The van der Waals surface area contributed by atoms with Gasteiger partial charge in [-0.05, 0) is 45.0 Å². The van der Waals surface area contributed by atoms with Crippen LogP contribution >= 0.6 is 0 Å². The predicted molar refractivity (Wildman–Crippen MR) is 126 cm³/mol. The number of carbonyl (C=O) groups is 2. The second-order valence-corrected chi connectivity index (χ2v) is 8.61. The number of nitrogens with one attached hydrogen (secondary N) is 1. The molecule has 1 aliphatic heterocycles. The van der Waals surface area contributed by atoms with Gasteiger partial charge in [-0.25, -0.2) is 0 Å². The van der Waals surface area contributed by atoms with Crippen molar-refractivity contribution in [2.24, 2.45) is 5.92 Å². The van der Waals surface area contributed by atoms with E-state index in [1.54, 1.807) is 7.11 Å². The smallest absolute Gasteiger partial charge is 0.223 e. The standard InChI is InChI=1S/C26H35N3O3/c1-28(2)23(22-11-7-8-12-24(22)32-3)19-27-26(31)21-15-17-29(18-16-21)25(30)14-13-20-9-5-4-6-10-20/h4-12,21,23H,13-19H2,1-3H3,(H,27,31). The Bertz CT molecular complexity index is 877. The van der Waals surface area contributed by atoms with Crippen molar-refractivity contribution in [2.75, 3.05) is 40.8 Å². The quantitative estimate of drug-likeness (QED) is 0.654. The van der Waals surface area contributed by atoms with Crippen LogP contribution in [-0.2, 0) is 16.0 Å². The molecule has 1 unspecified atom stereocenters. The van der Waals surface area contributed by atoms with Crippen LogP contribution in [0.5, 0.6) is 5.75 Å². The normalized spacial score (nSPS) is 15.4. The second kappa shape index (κ2) is 11.7. The van der Waals surface area contributed by atoms with Crippen LogP contribution in [0.1, 0.15) is 36.4 Å². The summed E-state index contributed by atoms with van der Waals surface area (Å²) in [5.41, 5.74) is 2.24. The Hall–Kier alpha value is -2.86. The van der Waals surface area contributed by atoms with E-state index in [2.05, 4.69) is 22.3 Å². The van der Waals surface area contributed by atoms with Crippen LogP contribution in [0.4, 0.5) is 0 Å². The molecule has 0 bridgehead atoms. The topological polar surface area (TPSA) is 61.9 Å². The summed E-state index contributed by atoms with van der Waals surface area (Å²) < 4.78 is 5.51. The molecule has 0 radical (unpaired) electrons. The Morgan fingerprint density at radius 3 is 2.38 bits per heavy atom. The number of carbonyl (C=O) groups excluding carboxylic acids is 2. The number of piperidine rings is 1. The van der Waals surface area contributed by atoms with Crippen molar-refractivity contribution in [1.29, 1.82) is 0 Å². The zero-order valence-electron chi connectivity index (χ0n) is 19.4. The molecule has 3 rings (SSSR count). The lowest BCUT2D eigenvalue weighted by atomic mass is 9.95. The number of para-hydroxylation sites is 1. The van der Waals surface area contributed by atoms with Gasteiger partial charge in [0.25, 0.3) is 0 Å². The van der Waals surface area contributed by atoms with E-state index in [0.29, 0.717) is 38.9 Å². The third-order valence-corrected chi connectivity index (χ3v) is 6.28. The molecule has 0 aliphatic carbocycles. The first-order valence-electron chi connectivity index (χ1n) is 11.4. The highest BCUT2D eigenvalue weighted by Crippen LogP contribution is 2.27. The van der Waals surface area contributed by atoms with E-state index < -0.39 is 0 Å². The molecule has 6 nitrogen and oxygen atoms in total. The maximum absolute atomic E-state index is 12.8. The van der Waals surface area contributed by atoms with E-state index in [1.807, 2.05) is 61.5 Å². The minimum Gasteiger partial charge on any atom is -0.496 e. The number of hydrogen-bond donors (Lipinski definition) is 1. The molecular formula is C26H35N3O3. The third-order valence-electron chi connectivity index (χ3n) is 6.28. The van der Waals surface area contributed by atoms with Crippen molar-refractivity contribution in [2.45, 2.75) is 31.7 Å². The Kier molecular flexibility index (Phi) is 8.68. The number of aryl methyl sites for hydroxylation is 1. The van der Waals surface area contributed by atoms with E-state index in [0.717, 1.165) is 17.7 Å². The maximum Gasteiger partial charge on any atom is 0.223 e. The molecule has 172 valence electrons. The molecule has 6 heteroatoms. The van der Waals surface area contributed by atoms with Crippen molar-refractivity contribution in [1.82, 2.24) is 15.1 Å². The van der Waals surface area contributed by atoms with E-state index in [9.17, 15) is 9.59 Å². The van der Waals surface area contributed by atoms with Gasteiger partial charge in [-0.15, -0.1) is 0 Å². The molecule has 0 spiro atoms. The predicted octanol–water partition coefficient (Wildman–Crippen LogP) is 3.29. The zero-order valence-corrected chi connectivity index (χ0v) is 19.4. The first-order chi connectivity index (χ1) is 15.5. The van der Waals surface area contributed by atoms with Gasteiger partial charge in [0.15, 0.2) is 0 Å². The van der Waals surface area contributed by atoms with Gasteiger partial charge >= 0.3 is 0 Å². The molecule has 1 heterocycles. The van der Waals surface area contributed by atoms with Crippen LogP contribution in [0.2, 0.25) is 0 Å². The average Bonchev–Trinajstić information content (AvgIpc) is 2.83. The van der Waals surface area contributed by atoms with E-state index in [1.165, 1.54) is 5.56 Å². The van der Waals surface area contributed by atoms with Gasteiger partial charge in [-0.2, -0.15) is 0 Å². The minimum absolute atomic E-state index is 0.0229. The molecule has 32 heavy (non-hydrogen) atoms. The molecule has 2 aromatic carbocycles. The number of likely N-dealkylation sites (tertiary alicyclic amines) is 1. The number of likely N-dealkylation sites (N-methyl/N-ethyl adjacent to an activating group) is 1. The summed E-state index contributed by atoms with van der Waals surface area (Å²) in [6.45, 7) is 1.81. The first-order valence-corrected chi connectivity index (χ1v) is 11.4. The van der Waals surface area contributed by atoms with Gasteiger partial charge < -0.3 is 19.9 Å². The van der Waals surface area contributed by atoms with E-state index in [4.69, 9.17) is 4.74 Å². The second-order valence-electron chi connectivity index (χ2n) is 8.61.